The van der Waals surface area contributed by atoms with E-state index >= 15 is 0 Å². The minimum Gasteiger partial charge on any atom is -0.391 e. The Kier molecular flexibility index (Phi) is 6.38. The Hall–Kier alpha value is -0.250. The maximum Gasteiger partial charge on any atom is 0.319 e. The van der Waals surface area contributed by atoms with E-state index in [1.165, 1.54) is 6.92 Å². The number of aliphatic hydroxyl groups excluding tert-OH is 3. The minimum atomic E-state index is -4.29. The normalized spacial score (nSPS) is 15.1. The Bertz CT molecular complexity index is 274. The summed E-state index contributed by atoms with van der Waals surface area (Å²) in [6, 6.07) is 0. The van der Waals surface area contributed by atoms with Gasteiger partial charge in [-0.3, -0.25) is 4.55 Å². The number of quaternary nitrogens is 1. The first-order valence-corrected chi connectivity index (χ1v) is 6.49. The van der Waals surface area contributed by atoms with Crippen molar-refractivity contribution < 1.29 is 32.8 Å². The van der Waals surface area contributed by atoms with Crippen molar-refractivity contribution in [2.75, 3.05) is 39.5 Å². The summed E-state index contributed by atoms with van der Waals surface area (Å²) in [5, 5.41) is 25.5. The molecule has 0 aromatic rings. The molecule has 0 aliphatic carbocycles. The lowest BCUT2D eigenvalue weighted by molar-refractivity contribution is -0.937. The molecule has 7 nitrogen and oxygen atoms in total. The van der Waals surface area contributed by atoms with E-state index in [9.17, 15) is 8.42 Å². The van der Waals surface area contributed by atoms with Crippen LogP contribution in [0.5, 0.6) is 0 Å². The molecule has 0 aromatic carbocycles. The predicted molar refractivity (Wildman–Crippen MR) is 57.1 cm³/mol. The van der Waals surface area contributed by atoms with Gasteiger partial charge in [-0.05, 0) is 0 Å². The van der Waals surface area contributed by atoms with Crippen LogP contribution in [0.3, 0.4) is 0 Å². The fraction of sp³-hybridized carbons (Fsp3) is 1.00. The van der Waals surface area contributed by atoms with Gasteiger partial charge in [0, 0.05) is 6.92 Å². The molecule has 98 valence electrons. The Morgan fingerprint density at radius 3 is 1.50 bits per heavy atom. The second-order valence-corrected chi connectivity index (χ2v) is 5.39. The maximum atomic E-state index is 11.1. The van der Waals surface area contributed by atoms with E-state index in [0.717, 1.165) is 0 Å². The first-order valence-electron chi connectivity index (χ1n) is 4.98. The predicted octanol–water partition coefficient (Wildman–Crippen LogP) is -1.99. The second-order valence-electron chi connectivity index (χ2n) is 3.67. The summed E-state index contributed by atoms with van der Waals surface area (Å²) >= 11 is 0. The summed E-state index contributed by atoms with van der Waals surface area (Å²) in [6.45, 7) is 0.544. The fourth-order valence-electron chi connectivity index (χ4n) is 1.76. The molecule has 0 radical (unpaired) electrons. The largest absolute Gasteiger partial charge is 0.391 e. The van der Waals surface area contributed by atoms with Crippen LogP contribution < -0.4 is 0 Å². The van der Waals surface area contributed by atoms with Crippen molar-refractivity contribution in [3.8, 4) is 0 Å². The Morgan fingerprint density at radius 2 is 1.31 bits per heavy atom. The quantitative estimate of drug-likeness (QED) is 0.296. The number of hydrogen-bond acceptors (Lipinski definition) is 5. The monoisotopic (exact) mass is 258 g/mol. The van der Waals surface area contributed by atoms with Crippen LogP contribution in [-0.4, -0.2) is 77.6 Å². The third-order valence-electron chi connectivity index (χ3n) is 2.84. The Balaban J connectivity index is 5.14. The van der Waals surface area contributed by atoms with Crippen LogP contribution in [-0.2, 0) is 10.1 Å². The molecule has 0 bridgehead atoms. The Morgan fingerprint density at radius 1 is 1.00 bits per heavy atom. The average molecular weight is 258 g/mol. The summed E-state index contributed by atoms with van der Waals surface area (Å²) in [7, 11) is -4.29. The molecule has 0 heterocycles. The van der Waals surface area contributed by atoms with Gasteiger partial charge >= 0.3 is 10.1 Å². The van der Waals surface area contributed by atoms with Gasteiger partial charge in [0.15, 0.2) is 0 Å². The zero-order valence-corrected chi connectivity index (χ0v) is 10.1. The van der Waals surface area contributed by atoms with Crippen LogP contribution in [0.4, 0.5) is 0 Å². The summed E-state index contributed by atoms with van der Waals surface area (Å²) in [4.78, 5) is 0. The molecule has 0 rings (SSSR count). The highest BCUT2D eigenvalue weighted by molar-refractivity contribution is 7.86. The molecule has 16 heavy (non-hydrogen) atoms. The lowest BCUT2D eigenvalue weighted by Crippen LogP contribution is -2.61. The summed E-state index contributed by atoms with van der Waals surface area (Å²) in [5.41, 5.74) is 0. The highest BCUT2D eigenvalue weighted by Gasteiger charge is 2.40. The smallest absolute Gasteiger partial charge is 0.319 e. The van der Waals surface area contributed by atoms with Crippen LogP contribution in [0.2, 0.25) is 0 Å². The molecule has 0 fully saturated rings. The number of nitrogens with zero attached hydrogens (tertiary/aromatic N) is 1. The number of aliphatic hydroxyl groups is 3. The van der Waals surface area contributed by atoms with E-state index in [1.807, 2.05) is 0 Å². The molecular formula is C8H20NO6S+. The van der Waals surface area contributed by atoms with Crippen LogP contribution in [0.25, 0.3) is 0 Å². The Labute approximate surface area is 95.3 Å². The molecule has 8 heteroatoms. The molecule has 4 N–H and O–H groups in total. The number of rotatable bonds is 8. The number of hydrogen-bond donors (Lipinski definition) is 4. The lowest BCUT2D eigenvalue weighted by Gasteiger charge is -2.40. The summed E-state index contributed by atoms with van der Waals surface area (Å²) in [6.07, 6.45) is 0. The van der Waals surface area contributed by atoms with Crippen LogP contribution in [0, 0.1) is 0 Å². The molecule has 0 saturated carbocycles. The van der Waals surface area contributed by atoms with Crippen molar-refractivity contribution in [1.29, 1.82) is 0 Å². The molecule has 1 atom stereocenters. The van der Waals surface area contributed by atoms with Crippen LogP contribution >= 0.6 is 0 Å². The highest BCUT2D eigenvalue weighted by Crippen LogP contribution is 2.17. The van der Waals surface area contributed by atoms with Gasteiger partial charge < -0.3 is 19.8 Å². The average Bonchev–Trinajstić information content (AvgIpc) is 2.16. The van der Waals surface area contributed by atoms with Crippen molar-refractivity contribution in [2.45, 2.75) is 12.3 Å². The van der Waals surface area contributed by atoms with Crippen molar-refractivity contribution >= 4 is 10.1 Å². The molecular weight excluding hydrogens is 238 g/mol. The van der Waals surface area contributed by atoms with E-state index in [2.05, 4.69) is 0 Å². The highest BCUT2D eigenvalue weighted by atomic mass is 32.2. The van der Waals surface area contributed by atoms with Crippen LogP contribution in [0.15, 0.2) is 0 Å². The molecule has 0 aliphatic heterocycles. The van der Waals surface area contributed by atoms with Gasteiger partial charge in [-0.1, -0.05) is 0 Å². The van der Waals surface area contributed by atoms with E-state index in [1.54, 1.807) is 0 Å². The molecule has 0 aliphatic rings. The van der Waals surface area contributed by atoms with Crippen molar-refractivity contribution in [3.63, 3.8) is 0 Å². The van der Waals surface area contributed by atoms with E-state index in [0.29, 0.717) is 0 Å². The van der Waals surface area contributed by atoms with Crippen LogP contribution in [0.1, 0.15) is 6.92 Å². The lowest BCUT2D eigenvalue weighted by atomic mass is 10.3. The third-order valence-corrected chi connectivity index (χ3v) is 4.15. The fourth-order valence-corrected chi connectivity index (χ4v) is 2.64. The maximum absolute atomic E-state index is 11.1. The van der Waals surface area contributed by atoms with Gasteiger partial charge in [0.1, 0.15) is 19.6 Å². The molecule has 0 amide bonds. The van der Waals surface area contributed by atoms with Crippen molar-refractivity contribution in [1.82, 2.24) is 0 Å². The summed E-state index contributed by atoms with van der Waals surface area (Å²) < 4.78 is 30.9. The van der Waals surface area contributed by atoms with Gasteiger partial charge in [0.2, 0.25) is 5.37 Å². The van der Waals surface area contributed by atoms with Gasteiger partial charge in [0.05, 0.1) is 19.8 Å². The first kappa shape index (κ1) is 15.8. The topological polar surface area (TPSA) is 115 Å². The van der Waals surface area contributed by atoms with E-state index in [-0.39, 0.29) is 43.9 Å². The molecule has 0 aromatic heterocycles. The minimum absolute atomic E-state index is 0.0437. The van der Waals surface area contributed by atoms with Gasteiger partial charge in [-0.2, -0.15) is 8.42 Å². The third kappa shape index (κ3) is 3.96. The van der Waals surface area contributed by atoms with Gasteiger partial charge in [0.25, 0.3) is 0 Å². The SMILES string of the molecule is CC([N+](CCO)(CCO)CCO)S(=O)(=O)O. The second kappa shape index (κ2) is 6.48. The molecule has 1 unspecified atom stereocenters. The van der Waals surface area contributed by atoms with Crippen molar-refractivity contribution in [3.05, 3.63) is 0 Å². The van der Waals surface area contributed by atoms with E-state index in [4.69, 9.17) is 19.9 Å². The van der Waals surface area contributed by atoms with E-state index < -0.39 is 15.5 Å². The van der Waals surface area contributed by atoms with Gasteiger partial charge in [-0.15, -0.1) is 0 Å². The zero-order chi connectivity index (χ0) is 12.8. The molecule has 0 spiro atoms. The molecule has 0 saturated heterocycles. The van der Waals surface area contributed by atoms with Crippen molar-refractivity contribution in [2.24, 2.45) is 0 Å². The standard InChI is InChI=1S/C8H19NO6S/c1-8(16(13,14)15)9(2-5-10,3-6-11)4-7-12/h8,10-12H,2-7H2,1H3/p+1. The van der Waals surface area contributed by atoms with Gasteiger partial charge in [-0.25, -0.2) is 0 Å². The zero-order valence-electron chi connectivity index (χ0n) is 9.28. The first-order chi connectivity index (χ1) is 7.34. The summed E-state index contributed by atoms with van der Waals surface area (Å²) in [5.74, 6) is 0.